The zero-order valence-corrected chi connectivity index (χ0v) is 15.5. The predicted molar refractivity (Wildman–Crippen MR) is 102 cm³/mol. The van der Waals surface area contributed by atoms with Crippen LogP contribution >= 0.6 is 35.0 Å². The van der Waals surface area contributed by atoms with E-state index in [0.29, 0.717) is 29.7 Å². The Labute approximate surface area is 156 Å². The molecule has 0 fully saturated rings. The van der Waals surface area contributed by atoms with Crippen molar-refractivity contribution in [2.45, 2.75) is 6.42 Å². The van der Waals surface area contributed by atoms with Gasteiger partial charge in [0.15, 0.2) is 0 Å². The van der Waals surface area contributed by atoms with E-state index in [-0.39, 0.29) is 5.91 Å². The zero-order chi connectivity index (χ0) is 17.2. The maximum absolute atomic E-state index is 11.8. The van der Waals surface area contributed by atoms with Crippen molar-refractivity contribution in [2.75, 3.05) is 24.7 Å². The minimum atomic E-state index is 0.0340. The Bertz CT molecular complexity index is 650. The molecule has 0 saturated carbocycles. The summed E-state index contributed by atoms with van der Waals surface area (Å²) < 4.78 is 5.57. The summed E-state index contributed by atoms with van der Waals surface area (Å²) in [5, 5.41) is 4.23. The van der Waals surface area contributed by atoms with Gasteiger partial charge in [0.1, 0.15) is 5.75 Å². The van der Waals surface area contributed by atoms with Gasteiger partial charge in [0, 0.05) is 17.3 Å². The van der Waals surface area contributed by atoms with Gasteiger partial charge in [-0.25, -0.2) is 0 Å². The molecule has 0 aliphatic carbocycles. The molecule has 0 aliphatic rings. The van der Waals surface area contributed by atoms with Crippen molar-refractivity contribution in [1.29, 1.82) is 0 Å². The van der Waals surface area contributed by atoms with E-state index in [1.165, 1.54) is 11.8 Å². The Morgan fingerprint density at radius 1 is 1.08 bits per heavy atom. The van der Waals surface area contributed by atoms with Crippen molar-refractivity contribution in [3.8, 4) is 5.75 Å². The molecular weight excluding hydrogens is 365 g/mol. The largest absolute Gasteiger partial charge is 0.491 e. The molecule has 0 radical (unpaired) electrons. The molecule has 1 amide bonds. The number of nitrogens with one attached hydrogen (secondary N) is 1. The van der Waals surface area contributed by atoms with E-state index >= 15 is 0 Å². The number of para-hydroxylation sites is 1. The summed E-state index contributed by atoms with van der Waals surface area (Å²) in [5.74, 6) is 1.86. The van der Waals surface area contributed by atoms with Crippen LogP contribution in [0.4, 0.5) is 0 Å². The number of rotatable bonds is 9. The number of amides is 1. The number of hydrogen-bond donors (Lipinski definition) is 1. The maximum atomic E-state index is 11.8. The molecule has 0 saturated heterocycles. The van der Waals surface area contributed by atoms with Crippen LogP contribution in [0.25, 0.3) is 0 Å². The molecule has 2 rings (SSSR count). The Hall–Kier alpha value is -1.36. The molecule has 0 aromatic heterocycles. The van der Waals surface area contributed by atoms with Crippen LogP contribution < -0.4 is 10.1 Å². The second-order valence-electron chi connectivity index (χ2n) is 5.06. The molecule has 128 valence electrons. The molecule has 3 nitrogen and oxygen atoms in total. The molecule has 0 atom stereocenters. The number of halogens is 2. The Morgan fingerprint density at radius 2 is 1.83 bits per heavy atom. The third-order valence-electron chi connectivity index (χ3n) is 3.20. The highest BCUT2D eigenvalue weighted by Gasteiger charge is 2.03. The number of thioether (sulfide) groups is 1. The minimum Gasteiger partial charge on any atom is -0.491 e. The zero-order valence-electron chi connectivity index (χ0n) is 13.1. The first kappa shape index (κ1) is 19.0. The fourth-order valence-electron chi connectivity index (χ4n) is 1.99. The van der Waals surface area contributed by atoms with Gasteiger partial charge >= 0.3 is 0 Å². The first-order valence-electron chi connectivity index (χ1n) is 7.61. The quantitative estimate of drug-likeness (QED) is 0.649. The lowest BCUT2D eigenvalue weighted by atomic mass is 10.1. The van der Waals surface area contributed by atoms with Gasteiger partial charge < -0.3 is 10.1 Å². The Kier molecular flexibility index (Phi) is 8.29. The highest BCUT2D eigenvalue weighted by atomic mass is 35.5. The van der Waals surface area contributed by atoms with E-state index in [1.807, 2.05) is 42.5 Å². The third-order valence-corrected chi connectivity index (χ3v) is 4.69. The number of carbonyl (C=O) groups is 1. The lowest BCUT2D eigenvalue weighted by molar-refractivity contribution is -0.118. The van der Waals surface area contributed by atoms with Crippen LogP contribution in [0.15, 0.2) is 48.5 Å². The van der Waals surface area contributed by atoms with Crippen LogP contribution in [-0.4, -0.2) is 30.6 Å². The van der Waals surface area contributed by atoms with Crippen LogP contribution in [0.1, 0.15) is 5.56 Å². The second kappa shape index (κ2) is 10.5. The summed E-state index contributed by atoms with van der Waals surface area (Å²) in [6, 6.07) is 15.0. The van der Waals surface area contributed by atoms with Gasteiger partial charge in [-0.2, -0.15) is 0 Å². The van der Waals surface area contributed by atoms with E-state index in [2.05, 4.69) is 5.32 Å². The molecule has 1 N–H and O–H groups in total. The topological polar surface area (TPSA) is 38.3 Å². The monoisotopic (exact) mass is 383 g/mol. The highest BCUT2D eigenvalue weighted by molar-refractivity contribution is 7.99. The summed E-state index contributed by atoms with van der Waals surface area (Å²) >= 11 is 13.4. The SMILES string of the molecule is O=C(CSCCOc1ccccc1Cl)NCCc1ccc(Cl)cc1. The number of hydrogen-bond acceptors (Lipinski definition) is 3. The highest BCUT2D eigenvalue weighted by Crippen LogP contribution is 2.23. The molecule has 0 spiro atoms. The van der Waals surface area contributed by atoms with Crippen LogP contribution in [0.5, 0.6) is 5.75 Å². The van der Waals surface area contributed by atoms with Crippen molar-refractivity contribution >= 4 is 40.9 Å². The van der Waals surface area contributed by atoms with Gasteiger partial charge in [0.25, 0.3) is 0 Å². The first-order valence-corrected chi connectivity index (χ1v) is 9.52. The molecular formula is C18H19Cl2NO2S. The van der Waals surface area contributed by atoms with E-state index < -0.39 is 0 Å². The van der Waals surface area contributed by atoms with Gasteiger partial charge in [0.05, 0.1) is 17.4 Å². The average molecular weight is 384 g/mol. The van der Waals surface area contributed by atoms with Gasteiger partial charge in [0.2, 0.25) is 5.91 Å². The van der Waals surface area contributed by atoms with Crippen LogP contribution in [0.2, 0.25) is 10.0 Å². The van der Waals surface area contributed by atoms with Gasteiger partial charge in [-0.05, 0) is 36.2 Å². The second-order valence-corrected chi connectivity index (χ2v) is 7.01. The summed E-state index contributed by atoms with van der Waals surface area (Å²) in [6.07, 6.45) is 0.795. The first-order chi connectivity index (χ1) is 11.6. The van der Waals surface area contributed by atoms with E-state index in [9.17, 15) is 4.79 Å². The van der Waals surface area contributed by atoms with Gasteiger partial charge in [-0.3, -0.25) is 4.79 Å². The number of ether oxygens (including phenoxy) is 1. The molecule has 0 aliphatic heterocycles. The van der Waals surface area contributed by atoms with Crippen molar-refractivity contribution in [3.05, 3.63) is 64.1 Å². The van der Waals surface area contributed by atoms with Crippen LogP contribution in [-0.2, 0) is 11.2 Å². The lowest BCUT2D eigenvalue weighted by Crippen LogP contribution is -2.27. The normalized spacial score (nSPS) is 10.4. The summed E-state index contributed by atoms with van der Waals surface area (Å²) in [5.41, 5.74) is 1.15. The standard InChI is InChI=1S/C18H19Cl2NO2S/c19-15-7-5-14(6-8-15)9-10-21-18(22)13-24-12-11-23-17-4-2-1-3-16(17)20/h1-8H,9-13H2,(H,21,22). The van der Waals surface area contributed by atoms with E-state index in [0.717, 1.165) is 22.8 Å². The number of carbonyl (C=O) groups excluding carboxylic acids is 1. The molecule has 24 heavy (non-hydrogen) atoms. The molecule has 2 aromatic rings. The van der Waals surface area contributed by atoms with E-state index in [4.69, 9.17) is 27.9 Å². The van der Waals surface area contributed by atoms with E-state index in [1.54, 1.807) is 6.07 Å². The van der Waals surface area contributed by atoms with Crippen LogP contribution in [0, 0.1) is 0 Å². The molecule has 6 heteroatoms. The minimum absolute atomic E-state index is 0.0340. The van der Waals surface area contributed by atoms with Crippen LogP contribution in [0.3, 0.4) is 0 Å². The fourth-order valence-corrected chi connectivity index (χ4v) is 2.93. The molecule has 0 unspecified atom stereocenters. The average Bonchev–Trinajstić information content (AvgIpc) is 2.58. The Morgan fingerprint density at radius 3 is 2.58 bits per heavy atom. The molecule has 0 bridgehead atoms. The van der Waals surface area contributed by atoms with Crippen molar-refractivity contribution in [2.24, 2.45) is 0 Å². The maximum Gasteiger partial charge on any atom is 0.230 e. The number of benzene rings is 2. The van der Waals surface area contributed by atoms with Gasteiger partial charge in [-0.15, -0.1) is 11.8 Å². The fraction of sp³-hybridized carbons (Fsp3) is 0.278. The Balaban J connectivity index is 1.53. The van der Waals surface area contributed by atoms with Crippen molar-refractivity contribution < 1.29 is 9.53 Å². The smallest absolute Gasteiger partial charge is 0.230 e. The summed E-state index contributed by atoms with van der Waals surface area (Å²) in [6.45, 7) is 1.14. The predicted octanol–water partition coefficient (Wildman–Crippen LogP) is 4.46. The third kappa shape index (κ3) is 7.04. The van der Waals surface area contributed by atoms with Crippen molar-refractivity contribution in [3.63, 3.8) is 0 Å². The molecule has 0 heterocycles. The summed E-state index contributed by atoms with van der Waals surface area (Å²) in [7, 11) is 0. The lowest BCUT2D eigenvalue weighted by Gasteiger charge is -2.08. The van der Waals surface area contributed by atoms with Gasteiger partial charge in [-0.1, -0.05) is 47.5 Å². The van der Waals surface area contributed by atoms with Crippen molar-refractivity contribution in [1.82, 2.24) is 5.32 Å². The summed E-state index contributed by atoms with van der Waals surface area (Å²) in [4.78, 5) is 11.8. The molecule has 2 aromatic carbocycles.